The fraction of sp³-hybridized carbons (Fsp3) is 0. The molecule has 82 valence electrons. The molecule has 0 atom stereocenters. The van der Waals surface area contributed by atoms with Crippen LogP contribution in [-0.4, -0.2) is 22.0 Å². The number of rotatable bonds is 3. The molecule has 0 saturated heterocycles. The number of nitrogens with zero attached hydrogens (tertiary/aromatic N) is 1. The van der Waals surface area contributed by atoms with Gasteiger partial charge in [-0.3, -0.25) is 10.1 Å². The molecule has 0 spiro atoms. The maximum absolute atomic E-state index is 11.5. The lowest BCUT2D eigenvalue weighted by molar-refractivity contribution is 0.0690. The highest BCUT2D eigenvalue weighted by atomic mass is 32.1. The van der Waals surface area contributed by atoms with Crippen LogP contribution < -0.4 is 5.32 Å². The van der Waals surface area contributed by atoms with E-state index in [4.69, 9.17) is 9.52 Å². The summed E-state index contributed by atoms with van der Waals surface area (Å²) in [6.07, 6.45) is 0.965. The van der Waals surface area contributed by atoms with E-state index in [1.54, 1.807) is 17.5 Å². The number of aromatic nitrogens is 1. The average molecular weight is 238 g/mol. The molecule has 1 amide bonds. The SMILES string of the molecule is O=C(O)c1coc(NC(=O)c2cccs2)n1. The molecule has 2 heterocycles. The van der Waals surface area contributed by atoms with Crippen molar-refractivity contribution < 1.29 is 19.1 Å². The van der Waals surface area contributed by atoms with Crippen LogP contribution in [0.15, 0.2) is 28.2 Å². The number of anilines is 1. The Balaban J connectivity index is 2.09. The lowest BCUT2D eigenvalue weighted by Gasteiger charge is -1.95. The summed E-state index contributed by atoms with van der Waals surface area (Å²) in [6, 6.07) is 3.24. The van der Waals surface area contributed by atoms with Crippen LogP contribution in [0.25, 0.3) is 0 Å². The van der Waals surface area contributed by atoms with E-state index < -0.39 is 5.97 Å². The first-order valence-corrected chi connectivity index (χ1v) is 5.08. The fourth-order valence-electron chi connectivity index (χ4n) is 0.996. The number of carbonyl (C=O) groups excluding carboxylic acids is 1. The van der Waals surface area contributed by atoms with Gasteiger partial charge >= 0.3 is 12.0 Å². The number of thiophene rings is 1. The molecule has 0 saturated carbocycles. The molecule has 2 aromatic rings. The number of aromatic carboxylic acids is 1. The van der Waals surface area contributed by atoms with Crippen molar-refractivity contribution in [2.24, 2.45) is 0 Å². The Morgan fingerprint density at radius 2 is 2.31 bits per heavy atom. The Bertz CT molecular complexity index is 517. The van der Waals surface area contributed by atoms with Gasteiger partial charge in [0.1, 0.15) is 6.26 Å². The number of carboxylic acid groups (broad SMARTS) is 1. The number of amides is 1. The highest BCUT2D eigenvalue weighted by Crippen LogP contribution is 2.12. The predicted molar refractivity (Wildman–Crippen MR) is 55.7 cm³/mol. The third-order valence-electron chi connectivity index (χ3n) is 1.69. The van der Waals surface area contributed by atoms with Gasteiger partial charge in [-0.1, -0.05) is 6.07 Å². The largest absolute Gasteiger partial charge is 0.476 e. The lowest BCUT2D eigenvalue weighted by atomic mass is 10.4. The summed E-state index contributed by atoms with van der Waals surface area (Å²) >= 11 is 1.27. The summed E-state index contributed by atoms with van der Waals surface area (Å²) in [5.41, 5.74) is -0.249. The molecule has 0 fully saturated rings. The Morgan fingerprint density at radius 1 is 1.50 bits per heavy atom. The maximum Gasteiger partial charge on any atom is 0.357 e. The number of oxazole rings is 1. The zero-order valence-electron chi connectivity index (χ0n) is 7.84. The molecule has 0 aliphatic heterocycles. The first-order chi connectivity index (χ1) is 7.66. The van der Waals surface area contributed by atoms with Crippen LogP contribution >= 0.6 is 11.3 Å². The summed E-state index contributed by atoms with van der Waals surface area (Å²) in [4.78, 5) is 26.1. The van der Waals surface area contributed by atoms with Crippen LogP contribution in [0.3, 0.4) is 0 Å². The van der Waals surface area contributed by atoms with E-state index in [0.717, 1.165) is 6.26 Å². The third-order valence-corrected chi connectivity index (χ3v) is 2.56. The van der Waals surface area contributed by atoms with Gasteiger partial charge < -0.3 is 9.52 Å². The zero-order chi connectivity index (χ0) is 11.5. The van der Waals surface area contributed by atoms with Gasteiger partial charge in [0.2, 0.25) is 0 Å². The van der Waals surface area contributed by atoms with Crippen LogP contribution in [0, 0.1) is 0 Å². The van der Waals surface area contributed by atoms with Gasteiger partial charge in [-0.25, -0.2) is 4.79 Å². The molecule has 2 aromatic heterocycles. The van der Waals surface area contributed by atoms with Crippen molar-refractivity contribution in [3.63, 3.8) is 0 Å². The number of nitrogens with one attached hydrogen (secondary N) is 1. The van der Waals surface area contributed by atoms with Crippen molar-refractivity contribution >= 4 is 29.2 Å². The minimum Gasteiger partial charge on any atom is -0.476 e. The summed E-state index contributed by atoms with van der Waals surface area (Å²) < 4.78 is 4.78. The third kappa shape index (κ3) is 2.09. The molecule has 0 bridgehead atoms. The average Bonchev–Trinajstić information content (AvgIpc) is 2.87. The standard InChI is InChI=1S/C9H6N2O4S/c12-7(6-2-1-3-16-6)11-9-10-5(4-15-9)8(13)14/h1-4H,(H,13,14)(H,10,11,12). The van der Waals surface area contributed by atoms with E-state index in [0.29, 0.717) is 4.88 Å². The van der Waals surface area contributed by atoms with E-state index in [-0.39, 0.29) is 17.6 Å². The van der Waals surface area contributed by atoms with E-state index in [9.17, 15) is 9.59 Å². The van der Waals surface area contributed by atoms with E-state index in [2.05, 4.69) is 10.3 Å². The summed E-state index contributed by atoms with van der Waals surface area (Å²) in [7, 11) is 0. The molecule has 0 aromatic carbocycles. The molecule has 0 radical (unpaired) electrons. The molecule has 6 nitrogen and oxygen atoms in total. The van der Waals surface area contributed by atoms with Crippen LogP contribution in [-0.2, 0) is 0 Å². The molecular formula is C9H6N2O4S. The molecule has 0 aliphatic rings. The second-order valence-corrected chi connectivity index (χ2v) is 3.72. The van der Waals surface area contributed by atoms with E-state index in [1.807, 2.05) is 0 Å². The highest BCUT2D eigenvalue weighted by Gasteiger charge is 2.13. The van der Waals surface area contributed by atoms with Crippen molar-refractivity contribution in [2.75, 3.05) is 5.32 Å². The molecule has 2 rings (SSSR count). The van der Waals surface area contributed by atoms with Crippen LogP contribution in [0.1, 0.15) is 20.2 Å². The Hall–Kier alpha value is -2.15. The van der Waals surface area contributed by atoms with Crippen molar-refractivity contribution in [3.05, 3.63) is 34.3 Å². The summed E-state index contributed by atoms with van der Waals surface area (Å²) in [5, 5.41) is 12.7. The lowest BCUT2D eigenvalue weighted by Crippen LogP contribution is -2.10. The smallest absolute Gasteiger partial charge is 0.357 e. The van der Waals surface area contributed by atoms with Crippen LogP contribution in [0.5, 0.6) is 0 Å². The highest BCUT2D eigenvalue weighted by molar-refractivity contribution is 7.12. The number of carbonyl (C=O) groups is 2. The molecule has 0 unspecified atom stereocenters. The van der Waals surface area contributed by atoms with Gasteiger partial charge in [0.25, 0.3) is 5.91 Å². The normalized spacial score (nSPS) is 10.0. The van der Waals surface area contributed by atoms with Gasteiger partial charge in [0.15, 0.2) is 5.69 Å². The Morgan fingerprint density at radius 3 is 2.88 bits per heavy atom. The topological polar surface area (TPSA) is 92.4 Å². The first kappa shape index (κ1) is 10.4. The van der Waals surface area contributed by atoms with Gasteiger partial charge in [-0.15, -0.1) is 11.3 Å². The first-order valence-electron chi connectivity index (χ1n) is 4.20. The Labute approximate surface area is 93.5 Å². The van der Waals surface area contributed by atoms with Crippen LogP contribution in [0.2, 0.25) is 0 Å². The fourth-order valence-corrected chi connectivity index (χ4v) is 1.61. The van der Waals surface area contributed by atoms with Crippen molar-refractivity contribution in [3.8, 4) is 0 Å². The minimum absolute atomic E-state index is 0.129. The monoisotopic (exact) mass is 238 g/mol. The van der Waals surface area contributed by atoms with Crippen LogP contribution in [0.4, 0.5) is 6.01 Å². The van der Waals surface area contributed by atoms with Gasteiger partial charge in [-0.05, 0) is 11.4 Å². The Kier molecular flexibility index (Phi) is 2.69. The second kappa shape index (κ2) is 4.15. The van der Waals surface area contributed by atoms with Crippen molar-refractivity contribution in [1.82, 2.24) is 4.98 Å². The van der Waals surface area contributed by atoms with Crippen molar-refractivity contribution in [1.29, 1.82) is 0 Å². The molecular weight excluding hydrogens is 232 g/mol. The number of hydrogen-bond donors (Lipinski definition) is 2. The van der Waals surface area contributed by atoms with E-state index >= 15 is 0 Å². The minimum atomic E-state index is -1.21. The van der Waals surface area contributed by atoms with Gasteiger partial charge in [0.05, 0.1) is 4.88 Å². The van der Waals surface area contributed by atoms with E-state index in [1.165, 1.54) is 11.3 Å². The molecule has 16 heavy (non-hydrogen) atoms. The molecule has 7 heteroatoms. The number of carboxylic acids is 1. The van der Waals surface area contributed by atoms with Gasteiger partial charge in [-0.2, -0.15) is 4.98 Å². The van der Waals surface area contributed by atoms with Crippen molar-refractivity contribution in [2.45, 2.75) is 0 Å². The van der Waals surface area contributed by atoms with Gasteiger partial charge in [0, 0.05) is 0 Å². The number of hydrogen-bond acceptors (Lipinski definition) is 5. The molecule has 0 aliphatic carbocycles. The predicted octanol–water partition coefficient (Wildman–Crippen LogP) is 1.69. The quantitative estimate of drug-likeness (QED) is 0.848. The molecule has 2 N–H and O–H groups in total. The maximum atomic E-state index is 11.5. The summed E-state index contributed by atoms with van der Waals surface area (Å²) in [6.45, 7) is 0. The second-order valence-electron chi connectivity index (χ2n) is 2.77. The summed E-state index contributed by atoms with van der Waals surface area (Å²) in [5.74, 6) is -1.59. The zero-order valence-corrected chi connectivity index (χ0v) is 8.65.